The average Bonchev–Trinajstić information content (AvgIpc) is 2.20. The Kier molecular flexibility index (Phi) is 4.03. The van der Waals surface area contributed by atoms with E-state index in [0.29, 0.717) is 5.69 Å². The maximum atomic E-state index is 11.2. The third kappa shape index (κ3) is 2.80. The van der Waals surface area contributed by atoms with Gasteiger partial charge in [0, 0.05) is 0 Å². The van der Waals surface area contributed by atoms with Gasteiger partial charge in [0.15, 0.2) is 0 Å². The molecule has 1 aromatic carbocycles. The second-order valence-corrected chi connectivity index (χ2v) is 4.33. The molecule has 1 aromatic rings. The molecule has 16 heavy (non-hydrogen) atoms. The average molecular weight is 242 g/mol. The highest BCUT2D eigenvalue weighted by Crippen LogP contribution is 2.19. The van der Waals surface area contributed by atoms with Crippen molar-refractivity contribution < 1.29 is 13.6 Å². The SMILES string of the molecule is Cc1ccc(N(C(C)C(N)=O)S(=O)O)cc1. The molecular formula is C10H14N2O3S. The van der Waals surface area contributed by atoms with Gasteiger partial charge >= 0.3 is 0 Å². The van der Waals surface area contributed by atoms with E-state index < -0.39 is 23.2 Å². The molecule has 2 atom stereocenters. The molecule has 3 N–H and O–H groups in total. The summed E-state index contributed by atoms with van der Waals surface area (Å²) in [7, 11) is 0. The van der Waals surface area contributed by atoms with Gasteiger partial charge in [-0.05, 0) is 26.0 Å². The van der Waals surface area contributed by atoms with Gasteiger partial charge in [-0.2, -0.15) is 0 Å². The number of primary amides is 1. The second kappa shape index (κ2) is 5.09. The van der Waals surface area contributed by atoms with Crippen molar-refractivity contribution in [1.29, 1.82) is 0 Å². The number of anilines is 1. The molecular weight excluding hydrogens is 228 g/mol. The molecule has 88 valence electrons. The van der Waals surface area contributed by atoms with Crippen LogP contribution in [0.1, 0.15) is 12.5 Å². The van der Waals surface area contributed by atoms with Crippen LogP contribution in [0.4, 0.5) is 5.69 Å². The molecule has 0 radical (unpaired) electrons. The highest BCUT2D eigenvalue weighted by Gasteiger charge is 2.23. The number of benzene rings is 1. The number of nitrogens with zero attached hydrogens (tertiary/aromatic N) is 1. The maximum absolute atomic E-state index is 11.2. The van der Waals surface area contributed by atoms with Crippen LogP contribution in [0.2, 0.25) is 0 Å². The molecule has 1 rings (SSSR count). The minimum Gasteiger partial charge on any atom is -0.368 e. The van der Waals surface area contributed by atoms with Crippen LogP contribution < -0.4 is 10.0 Å². The molecule has 0 aliphatic heterocycles. The van der Waals surface area contributed by atoms with Crippen LogP contribution in [0, 0.1) is 6.92 Å². The molecule has 5 nitrogen and oxygen atoms in total. The first-order valence-corrected chi connectivity index (χ1v) is 5.76. The summed E-state index contributed by atoms with van der Waals surface area (Å²) in [6, 6.07) is 6.09. The quantitative estimate of drug-likeness (QED) is 0.766. The monoisotopic (exact) mass is 242 g/mol. The van der Waals surface area contributed by atoms with Crippen LogP contribution in [0.5, 0.6) is 0 Å². The van der Waals surface area contributed by atoms with Gasteiger partial charge in [-0.1, -0.05) is 17.7 Å². The van der Waals surface area contributed by atoms with Crippen LogP contribution >= 0.6 is 0 Å². The molecule has 1 amide bonds. The van der Waals surface area contributed by atoms with E-state index in [1.807, 2.05) is 6.92 Å². The van der Waals surface area contributed by atoms with Crippen molar-refractivity contribution in [3.8, 4) is 0 Å². The third-order valence-electron chi connectivity index (χ3n) is 2.22. The van der Waals surface area contributed by atoms with Crippen molar-refractivity contribution in [2.75, 3.05) is 4.31 Å². The summed E-state index contributed by atoms with van der Waals surface area (Å²) in [6.07, 6.45) is 0. The van der Waals surface area contributed by atoms with E-state index in [1.54, 1.807) is 24.3 Å². The Labute approximate surface area is 96.7 Å². The minimum absolute atomic E-state index is 0.484. The predicted molar refractivity (Wildman–Crippen MR) is 63.1 cm³/mol. The fraction of sp³-hybridized carbons (Fsp3) is 0.300. The summed E-state index contributed by atoms with van der Waals surface area (Å²) >= 11 is -2.28. The van der Waals surface area contributed by atoms with E-state index in [0.717, 1.165) is 9.87 Å². The summed E-state index contributed by atoms with van der Waals surface area (Å²) in [5, 5.41) is 0. The first-order valence-electron chi connectivity index (χ1n) is 4.69. The molecule has 0 fully saturated rings. The molecule has 6 heteroatoms. The molecule has 0 saturated heterocycles. The highest BCUT2D eigenvalue weighted by molar-refractivity contribution is 7.80. The molecule has 0 aliphatic rings. The number of rotatable bonds is 4. The Morgan fingerprint density at radius 2 is 1.94 bits per heavy atom. The van der Waals surface area contributed by atoms with E-state index in [1.165, 1.54) is 6.92 Å². The zero-order chi connectivity index (χ0) is 12.3. The molecule has 0 heterocycles. The van der Waals surface area contributed by atoms with Gasteiger partial charge in [0.05, 0.1) is 5.69 Å². The normalized spacial score (nSPS) is 14.2. The maximum Gasteiger partial charge on any atom is 0.262 e. The van der Waals surface area contributed by atoms with Gasteiger partial charge in [-0.3, -0.25) is 13.7 Å². The van der Waals surface area contributed by atoms with Crippen molar-refractivity contribution >= 4 is 22.9 Å². The van der Waals surface area contributed by atoms with E-state index in [4.69, 9.17) is 10.3 Å². The van der Waals surface area contributed by atoms with Crippen LogP contribution in [0.25, 0.3) is 0 Å². The lowest BCUT2D eigenvalue weighted by molar-refractivity contribution is -0.118. The van der Waals surface area contributed by atoms with Gasteiger partial charge in [-0.15, -0.1) is 0 Å². The number of amides is 1. The summed E-state index contributed by atoms with van der Waals surface area (Å²) < 4.78 is 21.4. The van der Waals surface area contributed by atoms with Crippen molar-refractivity contribution in [2.24, 2.45) is 5.73 Å². The zero-order valence-electron chi connectivity index (χ0n) is 9.08. The van der Waals surface area contributed by atoms with Crippen LogP contribution in [-0.4, -0.2) is 20.7 Å². The predicted octanol–water partition coefficient (Wildman–Crippen LogP) is 0.812. The molecule has 0 saturated carbocycles. The number of hydrogen-bond acceptors (Lipinski definition) is 2. The fourth-order valence-corrected chi connectivity index (χ4v) is 1.93. The topological polar surface area (TPSA) is 83.6 Å². The standard InChI is InChI=1S/C10H14N2O3S/c1-7-3-5-9(6-4-7)12(16(14)15)8(2)10(11)13/h3-6,8H,1-2H3,(H2,11,13)(H,14,15). The molecule has 0 bridgehead atoms. The van der Waals surface area contributed by atoms with Crippen molar-refractivity contribution in [3.63, 3.8) is 0 Å². The van der Waals surface area contributed by atoms with E-state index in [2.05, 4.69) is 0 Å². The second-order valence-electron chi connectivity index (χ2n) is 3.47. The lowest BCUT2D eigenvalue weighted by Crippen LogP contribution is -2.43. The van der Waals surface area contributed by atoms with E-state index >= 15 is 0 Å². The van der Waals surface area contributed by atoms with Gasteiger partial charge < -0.3 is 5.73 Å². The molecule has 2 unspecified atom stereocenters. The first-order chi connectivity index (χ1) is 7.43. The minimum atomic E-state index is -2.28. The highest BCUT2D eigenvalue weighted by atomic mass is 32.2. The lowest BCUT2D eigenvalue weighted by Gasteiger charge is -2.24. The lowest BCUT2D eigenvalue weighted by atomic mass is 10.2. The van der Waals surface area contributed by atoms with Crippen molar-refractivity contribution in [2.45, 2.75) is 19.9 Å². The molecule has 0 aliphatic carbocycles. The Balaban J connectivity index is 3.07. The number of carbonyl (C=O) groups excluding carboxylic acids is 1. The van der Waals surface area contributed by atoms with Crippen LogP contribution in [-0.2, 0) is 16.1 Å². The Morgan fingerprint density at radius 1 is 1.44 bits per heavy atom. The number of hydrogen-bond donors (Lipinski definition) is 2. The summed E-state index contributed by atoms with van der Waals surface area (Å²) in [5.41, 5.74) is 6.63. The Morgan fingerprint density at radius 3 is 2.31 bits per heavy atom. The summed E-state index contributed by atoms with van der Waals surface area (Å²) in [4.78, 5) is 11.0. The van der Waals surface area contributed by atoms with E-state index in [9.17, 15) is 9.00 Å². The number of nitrogens with two attached hydrogens (primary N) is 1. The van der Waals surface area contributed by atoms with Gasteiger partial charge in [0.25, 0.3) is 11.3 Å². The Hall–Kier alpha value is -1.40. The van der Waals surface area contributed by atoms with Crippen LogP contribution in [0.3, 0.4) is 0 Å². The van der Waals surface area contributed by atoms with Gasteiger partial charge in [0.1, 0.15) is 6.04 Å². The third-order valence-corrected chi connectivity index (χ3v) is 3.08. The molecule has 0 spiro atoms. The fourth-order valence-electron chi connectivity index (χ4n) is 1.26. The van der Waals surface area contributed by atoms with Crippen LogP contribution in [0.15, 0.2) is 24.3 Å². The zero-order valence-corrected chi connectivity index (χ0v) is 9.90. The Bertz CT molecular complexity index is 405. The molecule has 0 aromatic heterocycles. The van der Waals surface area contributed by atoms with Gasteiger partial charge in [-0.25, -0.2) is 4.21 Å². The first kappa shape index (κ1) is 12.7. The number of aryl methyl sites for hydroxylation is 1. The number of carbonyl (C=O) groups is 1. The van der Waals surface area contributed by atoms with Crippen molar-refractivity contribution in [1.82, 2.24) is 0 Å². The summed E-state index contributed by atoms with van der Waals surface area (Å²) in [6.45, 7) is 3.39. The summed E-state index contributed by atoms with van der Waals surface area (Å²) in [5.74, 6) is -0.650. The largest absolute Gasteiger partial charge is 0.368 e. The van der Waals surface area contributed by atoms with Gasteiger partial charge in [0.2, 0.25) is 5.91 Å². The van der Waals surface area contributed by atoms with E-state index in [-0.39, 0.29) is 0 Å². The van der Waals surface area contributed by atoms with Crippen molar-refractivity contribution in [3.05, 3.63) is 29.8 Å². The smallest absolute Gasteiger partial charge is 0.262 e.